The van der Waals surface area contributed by atoms with Crippen LogP contribution in [0.25, 0.3) is 21.9 Å². The van der Waals surface area contributed by atoms with Crippen molar-refractivity contribution in [2.75, 3.05) is 14.2 Å². The molecule has 2 atom stereocenters. The quantitative estimate of drug-likeness (QED) is 0.467. The van der Waals surface area contributed by atoms with Crippen LogP contribution in [-0.4, -0.2) is 26.2 Å². The van der Waals surface area contributed by atoms with Gasteiger partial charge in [-0.3, -0.25) is 0 Å². The number of carbonyl (C=O) groups excluding carboxylic acids is 2. The van der Waals surface area contributed by atoms with Gasteiger partial charge in [0.1, 0.15) is 0 Å². The van der Waals surface area contributed by atoms with E-state index in [4.69, 9.17) is 9.47 Å². The van der Waals surface area contributed by atoms with E-state index in [1.54, 1.807) is 0 Å². The summed E-state index contributed by atoms with van der Waals surface area (Å²) in [6.45, 7) is 0. The largest absolute Gasteiger partial charge is 0.466 e. The minimum Gasteiger partial charge on any atom is -0.466 e. The summed E-state index contributed by atoms with van der Waals surface area (Å²) in [6.07, 6.45) is 4.00. The second-order valence-electron chi connectivity index (χ2n) is 7.49. The predicted octanol–water partition coefficient (Wildman–Crippen LogP) is 4.90. The first-order chi connectivity index (χ1) is 14.7. The molecular weight excluding hydrogens is 376 g/mol. The summed E-state index contributed by atoms with van der Waals surface area (Å²) in [6, 6.07) is 20.5. The lowest BCUT2D eigenvalue weighted by atomic mass is 9.65. The summed E-state index contributed by atoms with van der Waals surface area (Å²) in [5.74, 6) is -1.70. The molecule has 0 aliphatic heterocycles. The van der Waals surface area contributed by atoms with E-state index < -0.39 is 11.9 Å². The molecule has 0 radical (unpaired) electrons. The van der Waals surface area contributed by atoms with Gasteiger partial charge in [-0.05, 0) is 39.1 Å². The van der Waals surface area contributed by atoms with E-state index in [1.807, 2.05) is 42.5 Å². The van der Waals surface area contributed by atoms with E-state index in [2.05, 4.69) is 30.3 Å². The third-order valence-electron chi connectivity index (χ3n) is 6.05. The third-order valence-corrected chi connectivity index (χ3v) is 6.05. The Bertz CT molecular complexity index is 1250. The normalized spacial score (nSPS) is 19.0. The van der Waals surface area contributed by atoms with Crippen LogP contribution in [0.4, 0.5) is 0 Å². The lowest BCUT2D eigenvalue weighted by Crippen LogP contribution is -2.31. The van der Waals surface area contributed by atoms with Crippen LogP contribution in [0, 0.1) is 0 Å². The van der Waals surface area contributed by atoms with Crippen molar-refractivity contribution in [2.45, 2.75) is 11.8 Å². The Morgan fingerprint density at radius 2 is 1.37 bits per heavy atom. The number of carbonyl (C=O) groups is 2. The van der Waals surface area contributed by atoms with E-state index >= 15 is 0 Å². The van der Waals surface area contributed by atoms with Crippen molar-refractivity contribution in [2.24, 2.45) is 0 Å². The van der Waals surface area contributed by atoms with E-state index in [-0.39, 0.29) is 11.8 Å². The van der Waals surface area contributed by atoms with Crippen molar-refractivity contribution in [3.63, 3.8) is 0 Å². The van der Waals surface area contributed by atoms with Crippen molar-refractivity contribution < 1.29 is 19.1 Å². The number of hydrogen-bond donors (Lipinski definition) is 0. The highest BCUT2D eigenvalue weighted by Crippen LogP contribution is 2.53. The zero-order chi connectivity index (χ0) is 20.8. The smallest absolute Gasteiger partial charge is 0.335 e. The van der Waals surface area contributed by atoms with E-state index in [9.17, 15) is 9.59 Å². The molecule has 3 aromatic carbocycles. The van der Waals surface area contributed by atoms with Gasteiger partial charge in [-0.1, -0.05) is 66.7 Å². The second-order valence-corrected chi connectivity index (χ2v) is 7.49. The highest BCUT2D eigenvalue weighted by Gasteiger charge is 2.44. The molecule has 0 N–H and O–H groups in total. The predicted molar refractivity (Wildman–Crippen MR) is 115 cm³/mol. The molecule has 0 saturated carbocycles. The maximum absolute atomic E-state index is 12.8. The topological polar surface area (TPSA) is 52.6 Å². The van der Waals surface area contributed by atoms with Gasteiger partial charge in [0.15, 0.2) is 0 Å². The van der Waals surface area contributed by atoms with Crippen LogP contribution in [0.15, 0.2) is 84.0 Å². The monoisotopic (exact) mass is 396 g/mol. The Morgan fingerprint density at radius 3 is 2.07 bits per heavy atom. The van der Waals surface area contributed by atoms with Gasteiger partial charge in [0.05, 0.1) is 25.4 Å². The van der Waals surface area contributed by atoms with Crippen LogP contribution in [0.1, 0.15) is 23.0 Å². The van der Waals surface area contributed by atoms with Gasteiger partial charge in [-0.25, -0.2) is 9.59 Å². The third kappa shape index (κ3) is 2.53. The lowest BCUT2D eigenvalue weighted by molar-refractivity contribution is -0.139. The molecule has 0 aromatic heterocycles. The lowest BCUT2D eigenvalue weighted by Gasteiger charge is -2.37. The minimum absolute atomic E-state index is 0.349. The Morgan fingerprint density at radius 1 is 0.767 bits per heavy atom. The molecule has 4 heteroatoms. The molecule has 30 heavy (non-hydrogen) atoms. The van der Waals surface area contributed by atoms with Gasteiger partial charge in [0.25, 0.3) is 0 Å². The molecule has 0 spiro atoms. The summed E-state index contributed by atoms with van der Waals surface area (Å²) >= 11 is 0. The highest BCUT2D eigenvalue weighted by atomic mass is 16.5. The molecule has 6 rings (SSSR count). The zero-order valence-electron chi connectivity index (χ0n) is 16.7. The molecule has 3 aliphatic rings. The number of fused-ring (bicyclic) bond motifs is 1. The first-order valence-corrected chi connectivity index (χ1v) is 9.85. The van der Waals surface area contributed by atoms with Crippen LogP contribution in [0.5, 0.6) is 0 Å². The molecule has 148 valence electrons. The average molecular weight is 396 g/mol. The fourth-order valence-electron chi connectivity index (χ4n) is 4.84. The summed E-state index contributed by atoms with van der Waals surface area (Å²) < 4.78 is 10.1. The van der Waals surface area contributed by atoms with Crippen LogP contribution < -0.4 is 0 Å². The van der Waals surface area contributed by atoms with Crippen LogP contribution in [-0.2, 0) is 19.1 Å². The number of benzene rings is 3. The Kier molecular flexibility index (Phi) is 4.28. The molecule has 0 heterocycles. The summed E-state index contributed by atoms with van der Waals surface area (Å²) in [7, 11) is 2.68. The van der Waals surface area contributed by atoms with Crippen molar-refractivity contribution in [3.8, 4) is 11.1 Å². The number of allylic oxidation sites excluding steroid dienone is 2. The molecule has 4 nitrogen and oxygen atoms in total. The SMILES string of the molecule is COC(=O)C1=C(C(=O)OC)[C@@H]2C=C[C@H]1c1cc3ccccc3c(-c3ccccc3)c12. The van der Waals surface area contributed by atoms with E-state index in [0.29, 0.717) is 11.1 Å². The molecule has 0 saturated heterocycles. The molecule has 0 fully saturated rings. The van der Waals surface area contributed by atoms with Gasteiger partial charge in [0.2, 0.25) is 0 Å². The molecular formula is C26H20O4. The fourth-order valence-corrected chi connectivity index (χ4v) is 4.84. The van der Waals surface area contributed by atoms with Crippen molar-refractivity contribution in [1.29, 1.82) is 0 Å². The number of hydrogen-bond acceptors (Lipinski definition) is 4. The summed E-state index contributed by atoms with van der Waals surface area (Å²) in [5.41, 5.74) is 5.01. The van der Waals surface area contributed by atoms with Gasteiger partial charge in [-0.15, -0.1) is 0 Å². The number of methoxy groups -OCH3 is 2. The maximum Gasteiger partial charge on any atom is 0.335 e. The van der Waals surface area contributed by atoms with Crippen LogP contribution in [0.3, 0.4) is 0 Å². The molecule has 0 amide bonds. The van der Waals surface area contributed by atoms with Crippen molar-refractivity contribution >= 4 is 22.7 Å². The average Bonchev–Trinajstić information content (AvgIpc) is 2.81. The van der Waals surface area contributed by atoms with Gasteiger partial charge < -0.3 is 9.47 Å². The molecule has 3 aromatic rings. The fraction of sp³-hybridized carbons (Fsp3) is 0.154. The number of rotatable bonds is 3. The van der Waals surface area contributed by atoms with E-state index in [0.717, 1.165) is 33.0 Å². The Labute approximate surface area is 174 Å². The Hall–Kier alpha value is -3.66. The summed E-state index contributed by atoms with van der Waals surface area (Å²) in [4.78, 5) is 25.5. The molecule has 0 unspecified atom stereocenters. The minimum atomic E-state index is -0.493. The standard InChI is InChI=1S/C26H20O4/c1-29-25(27)23-18-12-13-19(24(23)26(28)30-2)22-20(18)14-16-10-6-7-11-17(16)21(22)15-8-4-3-5-9-15/h3-14,18-19H,1-2H3/t18-,19+/m0/s1. The maximum atomic E-state index is 12.8. The first-order valence-electron chi connectivity index (χ1n) is 9.85. The second kappa shape index (κ2) is 6.99. The van der Waals surface area contributed by atoms with Gasteiger partial charge >= 0.3 is 11.9 Å². The Balaban J connectivity index is 1.88. The van der Waals surface area contributed by atoms with Crippen molar-refractivity contribution in [3.05, 3.63) is 95.1 Å². The van der Waals surface area contributed by atoms with Crippen LogP contribution >= 0.6 is 0 Å². The molecule has 3 aliphatic carbocycles. The molecule has 2 bridgehead atoms. The first kappa shape index (κ1) is 18.4. The van der Waals surface area contributed by atoms with Crippen molar-refractivity contribution in [1.82, 2.24) is 0 Å². The van der Waals surface area contributed by atoms with Crippen LogP contribution in [0.2, 0.25) is 0 Å². The van der Waals surface area contributed by atoms with E-state index in [1.165, 1.54) is 14.2 Å². The summed E-state index contributed by atoms with van der Waals surface area (Å²) in [5, 5.41) is 2.21. The van der Waals surface area contributed by atoms with Gasteiger partial charge in [-0.2, -0.15) is 0 Å². The highest BCUT2D eigenvalue weighted by molar-refractivity contribution is 6.08. The van der Waals surface area contributed by atoms with Gasteiger partial charge in [0, 0.05) is 11.8 Å². The number of ether oxygens (including phenoxy) is 2. The number of esters is 2. The zero-order valence-corrected chi connectivity index (χ0v) is 16.7.